The Balaban J connectivity index is 2.35. The number of aliphatic hydroxyl groups is 1. The molecule has 1 aliphatic carbocycles. The van der Waals surface area contributed by atoms with Crippen LogP contribution in [0.15, 0.2) is 36.4 Å². The topological polar surface area (TPSA) is 54.4 Å². The number of benzene rings is 2. The van der Waals surface area contributed by atoms with Crippen molar-refractivity contribution in [3.8, 4) is 0 Å². The molecule has 2 aromatic rings. The summed E-state index contributed by atoms with van der Waals surface area (Å²) in [6.07, 6.45) is -0.167. The highest BCUT2D eigenvalue weighted by molar-refractivity contribution is 6.20. The van der Waals surface area contributed by atoms with Gasteiger partial charge < -0.3 is 5.11 Å². The normalized spacial score (nSPS) is 21.6. The quantitative estimate of drug-likeness (QED) is 0.875. The van der Waals surface area contributed by atoms with Gasteiger partial charge in [-0.15, -0.1) is 0 Å². The standard InChI is InChI=1S/C15H12O3/c1-9(16)8-15(18)12-7-3-5-10-4-2-6-11(13(10)12)14(15)17/h2-7,18H,8H2,1H3/t15-/m1/s1. The van der Waals surface area contributed by atoms with Crippen molar-refractivity contribution in [2.24, 2.45) is 0 Å². The molecule has 3 heteroatoms. The van der Waals surface area contributed by atoms with Crippen molar-refractivity contribution >= 4 is 22.3 Å². The highest BCUT2D eigenvalue weighted by atomic mass is 16.3. The molecule has 0 unspecified atom stereocenters. The molecule has 0 bridgehead atoms. The summed E-state index contributed by atoms with van der Waals surface area (Å²) in [6, 6.07) is 10.8. The second-order valence-corrected chi connectivity index (χ2v) is 4.78. The van der Waals surface area contributed by atoms with Gasteiger partial charge in [0.2, 0.25) is 0 Å². The zero-order valence-corrected chi connectivity index (χ0v) is 9.93. The molecular weight excluding hydrogens is 228 g/mol. The van der Waals surface area contributed by atoms with Gasteiger partial charge in [0.15, 0.2) is 11.4 Å². The minimum absolute atomic E-state index is 0.167. The average Bonchev–Trinajstić information content (AvgIpc) is 2.54. The Labute approximate surface area is 104 Å². The first-order chi connectivity index (χ1) is 8.54. The number of rotatable bonds is 2. The Morgan fingerprint density at radius 3 is 2.56 bits per heavy atom. The zero-order chi connectivity index (χ0) is 12.9. The van der Waals surface area contributed by atoms with E-state index in [-0.39, 0.29) is 18.0 Å². The average molecular weight is 240 g/mol. The largest absolute Gasteiger partial charge is 0.376 e. The van der Waals surface area contributed by atoms with Crippen LogP contribution in [-0.2, 0) is 10.4 Å². The first-order valence-corrected chi connectivity index (χ1v) is 5.83. The van der Waals surface area contributed by atoms with Gasteiger partial charge in [-0.3, -0.25) is 9.59 Å². The van der Waals surface area contributed by atoms with Gasteiger partial charge in [0, 0.05) is 17.5 Å². The fourth-order valence-electron chi connectivity index (χ4n) is 2.76. The third kappa shape index (κ3) is 1.28. The Hall–Kier alpha value is -2.00. The lowest BCUT2D eigenvalue weighted by Gasteiger charge is -2.20. The summed E-state index contributed by atoms with van der Waals surface area (Å²) in [5, 5.41) is 12.3. The summed E-state index contributed by atoms with van der Waals surface area (Å²) in [6.45, 7) is 1.38. The van der Waals surface area contributed by atoms with E-state index in [1.54, 1.807) is 24.3 Å². The van der Waals surface area contributed by atoms with Crippen LogP contribution in [-0.4, -0.2) is 16.7 Å². The predicted octanol–water partition coefficient (Wildman–Crippen LogP) is 2.20. The van der Waals surface area contributed by atoms with Gasteiger partial charge in [0.25, 0.3) is 0 Å². The third-order valence-corrected chi connectivity index (χ3v) is 3.48. The molecule has 0 spiro atoms. The van der Waals surface area contributed by atoms with Gasteiger partial charge >= 0.3 is 0 Å². The molecule has 0 aliphatic heterocycles. The van der Waals surface area contributed by atoms with E-state index in [4.69, 9.17) is 0 Å². The molecule has 1 N–H and O–H groups in total. The summed E-state index contributed by atoms with van der Waals surface area (Å²) < 4.78 is 0. The fourth-order valence-corrected chi connectivity index (χ4v) is 2.76. The number of carbonyl (C=O) groups is 2. The summed E-state index contributed by atoms with van der Waals surface area (Å²) in [5.41, 5.74) is -0.627. The second kappa shape index (κ2) is 3.50. The maximum atomic E-state index is 12.3. The predicted molar refractivity (Wildman–Crippen MR) is 67.5 cm³/mol. The molecule has 0 heterocycles. The van der Waals surface area contributed by atoms with Gasteiger partial charge in [0.05, 0.1) is 0 Å². The number of Topliss-reactive ketones (excluding diaryl/α,β-unsaturated/α-hetero) is 2. The molecule has 3 rings (SSSR count). The van der Waals surface area contributed by atoms with E-state index >= 15 is 0 Å². The smallest absolute Gasteiger partial charge is 0.200 e. The Bertz CT molecular complexity index is 682. The molecule has 0 radical (unpaired) electrons. The number of hydrogen-bond acceptors (Lipinski definition) is 3. The molecule has 3 nitrogen and oxygen atoms in total. The van der Waals surface area contributed by atoms with Crippen LogP contribution in [0.4, 0.5) is 0 Å². The Kier molecular flexibility index (Phi) is 2.16. The Morgan fingerprint density at radius 2 is 1.89 bits per heavy atom. The lowest BCUT2D eigenvalue weighted by Crippen LogP contribution is -2.33. The number of ketones is 2. The minimum atomic E-state index is -1.69. The molecule has 90 valence electrons. The fraction of sp³-hybridized carbons (Fsp3) is 0.200. The van der Waals surface area contributed by atoms with Crippen molar-refractivity contribution in [2.45, 2.75) is 18.9 Å². The molecule has 0 saturated heterocycles. The van der Waals surface area contributed by atoms with Gasteiger partial charge in [-0.1, -0.05) is 36.4 Å². The number of carbonyl (C=O) groups excluding carboxylic acids is 2. The molecule has 0 aromatic heterocycles. The van der Waals surface area contributed by atoms with Crippen LogP contribution in [0.5, 0.6) is 0 Å². The summed E-state index contributed by atoms with van der Waals surface area (Å²) in [7, 11) is 0. The SMILES string of the molecule is CC(=O)C[C@]1(O)C(=O)c2cccc3cccc1c23. The summed E-state index contributed by atoms with van der Waals surface area (Å²) in [5.74, 6) is -0.569. The lowest BCUT2D eigenvalue weighted by atomic mass is 9.89. The van der Waals surface area contributed by atoms with Gasteiger partial charge in [-0.2, -0.15) is 0 Å². The first-order valence-electron chi connectivity index (χ1n) is 5.83. The highest BCUT2D eigenvalue weighted by Gasteiger charge is 2.46. The van der Waals surface area contributed by atoms with Crippen LogP contribution < -0.4 is 0 Å². The molecule has 1 atom stereocenters. The molecular formula is C15H12O3. The summed E-state index contributed by atoms with van der Waals surface area (Å²) >= 11 is 0. The molecule has 1 aliphatic rings. The highest BCUT2D eigenvalue weighted by Crippen LogP contribution is 2.42. The van der Waals surface area contributed by atoms with Crippen LogP contribution in [0.25, 0.3) is 10.8 Å². The van der Waals surface area contributed by atoms with Crippen LogP contribution in [0.1, 0.15) is 29.3 Å². The van der Waals surface area contributed by atoms with Crippen LogP contribution >= 0.6 is 0 Å². The van der Waals surface area contributed by atoms with Crippen LogP contribution in [0.2, 0.25) is 0 Å². The van der Waals surface area contributed by atoms with E-state index in [0.29, 0.717) is 11.1 Å². The van der Waals surface area contributed by atoms with E-state index in [0.717, 1.165) is 10.8 Å². The summed E-state index contributed by atoms with van der Waals surface area (Å²) in [4.78, 5) is 23.6. The van der Waals surface area contributed by atoms with E-state index in [9.17, 15) is 14.7 Å². The van der Waals surface area contributed by atoms with Gasteiger partial charge in [0.1, 0.15) is 5.78 Å². The Morgan fingerprint density at radius 1 is 1.22 bits per heavy atom. The van der Waals surface area contributed by atoms with Crippen molar-refractivity contribution in [2.75, 3.05) is 0 Å². The second-order valence-electron chi connectivity index (χ2n) is 4.78. The van der Waals surface area contributed by atoms with Crippen molar-refractivity contribution in [3.63, 3.8) is 0 Å². The van der Waals surface area contributed by atoms with Crippen molar-refractivity contribution in [1.82, 2.24) is 0 Å². The van der Waals surface area contributed by atoms with Crippen molar-refractivity contribution in [1.29, 1.82) is 0 Å². The maximum absolute atomic E-state index is 12.3. The lowest BCUT2D eigenvalue weighted by molar-refractivity contribution is -0.120. The molecule has 0 saturated carbocycles. The molecule has 18 heavy (non-hydrogen) atoms. The van der Waals surface area contributed by atoms with E-state index in [1.165, 1.54) is 6.92 Å². The third-order valence-electron chi connectivity index (χ3n) is 3.48. The minimum Gasteiger partial charge on any atom is -0.376 e. The van der Waals surface area contributed by atoms with E-state index < -0.39 is 5.60 Å². The first kappa shape index (κ1) is 11.1. The molecule has 0 fully saturated rings. The van der Waals surface area contributed by atoms with Crippen molar-refractivity contribution < 1.29 is 14.7 Å². The molecule has 2 aromatic carbocycles. The van der Waals surface area contributed by atoms with E-state index in [1.807, 2.05) is 12.1 Å². The van der Waals surface area contributed by atoms with Crippen LogP contribution in [0.3, 0.4) is 0 Å². The number of hydrogen-bond donors (Lipinski definition) is 1. The monoisotopic (exact) mass is 240 g/mol. The van der Waals surface area contributed by atoms with Gasteiger partial charge in [-0.25, -0.2) is 0 Å². The van der Waals surface area contributed by atoms with E-state index in [2.05, 4.69) is 0 Å². The van der Waals surface area contributed by atoms with Crippen LogP contribution in [0, 0.1) is 0 Å². The zero-order valence-electron chi connectivity index (χ0n) is 9.93. The van der Waals surface area contributed by atoms with Gasteiger partial charge in [-0.05, 0) is 17.7 Å². The molecule has 0 amide bonds. The maximum Gasteiger partial charge on any atom is 0.200 e. The van der Waals surface area contributed by atoms with Crippen molar-refractivity contribution in [3.05, 3.63) is 47.5 Å².